The number of benzene rings is 2. The molecule has 0 aliphatic carbocycles. The highest BCUT2D eigenvalue weighted by Gasteiger charge is 2.29. The highest BCUT2D eigenvalue weighted by molar-refractivity contribution is 5.43. The molecule has 0 atom stereocenters. The van der Waals surface area contributed by atoms with Crippen LogP contribution in [-0.4, -0.2) is 26.4 Å². The second-order valence-electron chi connectivity index (χ2n) is 5.55. The molecule has 0 aliphatic rings. The van der Waals surface area contributed by atoms with Gasteiger partial charge in [0.25, 0.3) is 0 Å². The van der Waals surface area contributed by atoms with Crippen LogP contribution in [0.5, 0.6) is 11.5 Å². The highest BCUT2D eigenvalue weighted by Crippen LogP contribution is 2.29. The van der Waals surface area contributed by atoms with E-state index in [0.29, 0.717) is 25.1 Å². The van der Waals surface area contributed by atoms with Crippen molar-refractivity contribution < 1.29 is 31.4 Å². The van der Waals surface area contributed by atoms with Gasteiger partial charge in [0.15, 0.2) is 18.1 Å². The van der Waals surface area contributed by atoms with E-state index in [9.17, 15) is 22.0 Å². The van der Waals surface area contributed by atoms with Crippen molar-refractivity contribution in [2.24, 2.45) is 0 Å². The van der Waals surface area contributed by atoms with Gasteiger partial charge in [-0.25, -0.2) is 8.78 Å². The van der Waals surface area contributed by atoms with Gasteiger partial charge in [-0.1, -0.05) is 12.1 Å². The van der Waals surface area contributed by atoms with Gasteiger partial charge in [-0.2, -0.15) is 13.2 Å². The van der Waals surface area contributed by atoms with E-state index in [1.807, 2.05) is 0 Å². The summed E-state index contributed by atoms with van der Waals surface area (Å²) < 4.78 is 72.8. The fourth-order valence-corrected chi connectivity index (χ4v) is 2.28. The van der Waals surface area contributed by atoms with Crippen molar-refractivity contribution in [3.63, 3.8) is 0 Å². The van der Waals surface area contributed by atoms with Crippen molar-refractivity contribution in [2.75, 3.05) is 20.3 Å². The van der Waals surface area contributed by atoms with Crippen molar-refractivity contribution in [1.82, 2.24) is 5.32 Å². The minimum atomic E-state index is -4.43. The fraction of sp³-hybridized carbons (Fsp3) is 0.333. The third-order valence-corrected chi connectivity index (χ3v) is 3.53. The minimum absolute atomic E-state index is 0.00181. The molecule has 0 amide bonds. The molecule has 0 spiro atoms. The van der Waals surface area contributed by atoms with Crippen LogP contribution in [-0.2, 0) is 13.0 Å². The molecule has 1 N–H and O–H groups in total. The molecule has 2 rings (SSSR count). The van der Waals surface area contributed by atoms with Gasteiger partial charge >= 0.3 is 6.18 Å². The van der Waals surface area contributed by atoms with Gasteiger partial charge in [0.05, 0.1) is 7.11 Å². The topological polar surface area (TPSA) is 30.5 Å². The number of hydrogen-bond donors (Lipinski definition) is 1. The van der Waals surface area contributed by atoms with Crippen molar-refractivity contribution in [3.8, 4) is 11.5 Å². The normalized spacial score (nSPS) is 11.5. The number of alkyl halides is 3. The van der Waals surface area contributed by atoms with Crippen LogP contribution in [0.3, 0.4) is 0 Å². The number of hydrogen-bond acceptors (Lipinski definition) is 3. The highest BCUT2D eigenvalue weighted by atomic mass is 19.4. The molecule has 0 saturated heterocycles. The average molecular weight is 375 g/mol. The van der Waals surface area contributed by atoms with E-state index in [1.54, 1.807) is 12.1 Å². The first kappa shape index (κ1) is 20.0. The first-order valence-electron chi connectivity index (χ1n) is 7.79. The summed E-state index contributed by atoms with van der Waals surface area (Å²) in [6.45, 7) is -0.555. The maximum Gasteiger partial charge on any atom is 0.422 e. The van der Waals surface area contributed by atoms with Crippen molar-refractivity contribution in [2.45, 2.75) is 19.1 Å². The Morgan fingerprint density at radius 1 is 1.00 bits per heavy atom. The lowest BCUT2D eigenvalue weighted by atomic mass is 10.1. The van der Waals surface area contributed by atoms with Crippen LogP contribution in [0.25, 0.3) is 0 Å². The van der Waals surface area contributed by atoms with Crippen LogP contribution >= 0.6 is 0 Å². The molecular formula is C18H18F5NO2. The molecule has 0 fully saturated rings. The molecule has 2 aromatic carbocycles. The molecule has 0 heterocycles. The third-order valence-electron chi connectivity index (χ3n) is 3.53. The molecule has 142 valence electrons. The van der Waals surface area contributed by atoms with Gasteiger partial charge in [0.1, 0.15) is 11.6 Å². The first-order chi connectivity index (χ1) is 12.3. The van der Waals surface area contributed by atoms with E-state index in [4.69, 9.17) is 9.47 Å². The summed E-state index contributed by atoms with van der Waals surface area (Å²) in [5, 5.41) is 3.08. The summed E-state index contributed by atoms with van der Waals surface area (Å²) in [4.78, 5) is 0. The SMILES string of the molecule is COc1cc(CNCCc2ccc(F)cc2F)ccc1OCC(F)(F)F. The second kappa shape index (κ2) is 8.84. The molecule has 0 aromatic heterocycles. The second-order valence-corrected chi connectivity index (χ2v) is 5.55. The summed E-state index contributed by atoms with van der Waals surface area (Å²) in [5.74, 6) is -1.03. The quantitative estimate of drug-likeness (QED) is 0.553. The van der Waals surface area contributed by atoms with Gasteiger partial charge in [0, 0.05) is 12.6 Å². The Hall–Kier alpha value is -2.35. The van der Waals surface area contributed by atoms with E-state index in [1.165, 1.54) is 25.3 Å². The predicted molar refractivity (Wildman–Crippen MR) is 86.3 cm³/mol. The van der Waals surface area contributed by atoms with Gasteiger partial charge < -0.3 is 14.8 Å². The van der Waals surface area contributed by atoms with Crippen LogP contribution in [0, 0.1) is 11.6 Å². The monoisotopic (exact) mass is 375 g/mol. The average Bonchev–Trinajstić information content (AvgIpc) is 2.58. The van der Waals surface area contributed by atoms with Gasteiger partial charge in [-0.3, -0.25) is 0 Å². The molecular weight excluding hydrogens is 357 g/mol. The zero-order valence-electron chi connectivity index (χ0n) is 14.0. The Kier molecular flexibility index (Phi) is 6.79. The van der Waals surface area contributed by atoms with Gasteiger partial charge in [-0.15, -0.1) is 0 Å². The van der Waals surface area contributed by atoms with Crippen molar-refractivity contribution in [3.05, 3.63) is 59.2 Å². The molecule has 0 bridgehead atoms. The van der Waals surface area contributed by atoms with Crippen LogP contribution < -0.4 is 14.8 Å². The zero-order valence-corrected chi connectivity index (χ0v) is 14.0. The van der Waals surface area contributed by atoms with E-state index < -0.39 is 24.4 Å². The standard InChI is InChI=1S/C18H18F5NO2/c1-25-17-8-12(2-5-16(17)26-11-18(21,22)23)10-24-7-6-13-3-4-14(19)9-15(13)20/h2-5,8-9,24H,6-7,10-11H2,1H3. The first-order valence-corrected chi connectivity index (χ1v) is 7.79. The molecule has 0 saturated carbocycles. The smallest absolute Gasteiger partial charge is 0.422 e. The Morgan fingerprint density at radius 3 is 2.42 bits per heavy atom. The van der Waals surface area contributed by atoms with Crippen LogP contribution in [0.15, 0.2) is 36.4 Å². The maximum atomic E-state index is 13.5. The third kappa shape index (κ3) is 6.18. The van der Waals surface area contributed by atoms with E-state index in [2.05, 4.69) is 5.32 Å². The van der Waals surface area contributed by atoms with Crippen LogP contribution in [0.2, 0.25) is 0 Å². The summed E-state index contributed by atoms with van der Waals surface area (Å²) in [7, 11) is 1.34. The van der Waals surface area contributed by atoms with E-state index in [-0.39, 0.29) is 11.5 Å². The van der Waals surface area contributed by atoms with Crippen LogP contribution in [0.4, 0.5) is 22.0 Å². The molecule has 0 radical (unpaired) electrons. The lowest BCUT2D eigenvalue weighted by molar-refractivity contribution is -0.153. The van der Waals surface area contributed by atoms with Crippen molar-refractivity contribution in [1.29, 1.82) is 0 Å². The van der Waals surface area contributed by atoms with E-state index >= 15 is 0 Å². The molecule has 0 aliphatic heterocycles. The molecule has 3 nitrogen and oxygen atoms in total. The lowest BCUT2D eigenvalue weighted by Crippen LogP contribution is -2.19. The Bertz CT molecular complexity index is 734. The summed E-state index contributed by atoms with van der Waals surface area (Å²) in [6, 6.07) is 8.00. The van der Waals surface area contributed by atoms with Gasteiger partial charge in [-0.05, 0) is 42.3 Å². The maximum absolute atomic E-state index is 13.5. The largest absolute Gasteiger partial charge is 0.493 e. The molecule has 8 heteroatoms. The Labute approximate surface area is 147 Å². The fourth-order valence-electron chi connectivity index (χ4n) is 2.28. The number of rotatable bonds is 8. The predicted octanol–water partition coefficient (Wildman–Crippen LogP) is 4.25. The van der Waals surface area contributed by atoms with Gasteiger partial charge in [0.2, 0.25) is 0 Å². The number of methoxy groups -OCH3 is 1. The van der Waals surface area contributed by atoms with Crippen LogP contribution in [0.1, 0.15) is 11.1 Å². The number of nitrogens with one attached hydrogen (secondary N) is 1. The molecule has 2 aromatic rings. The van der Waals surface area contributed by atoms with Crippen molar-refractivity contribution >= 4 is 0 Å². The Balaban J connectivity index is 1.87. The lowest BCUT2D eigenvalue weighted by Gasteiger charge is -2.14. The Morgan fingerprint density at radius 2 is 1.77 bits per heavy atom. The molecule has 0 unspecified atom stereocenters. The summed E-state index contributed by atoms with van der Waals surface area (Å²) in [5.41, 5.74) is 1.16. The van der Waals surface area contributed by atoms with E-state index in [0.717, 1.165) is 11.6 Å². The summed E-state index contributed by atoms with van der Waals surface area (Å²) >= 11 is 0. The zero-order chi connectivity index (χ0) is 19.2. The summed E-state index contributed by atoms with van der Waals surface area (Å²) in [6.07, 6.45) is -4.06. The molecule has 26 heavy (non-hydrogen) atoms. The number of halogens is 5. The number of ether oxygens (including phenoxy) is 2. The minimum Gasteiger partial charge on any atom is -0.493 e.